The molecule has 0 spiro atoms. The van der Waals surface area contributed by atoms with Crippen molar-refractivity contribution in [3.05, 3.63) is 45.7 Å². The van der Waals surface area contributed by atoms with Crippen molar-refractivity contribution < 1.29 is 9.53 Å². The zero-order valence-corrected chi connectivity index (χ0v) is 17.9. The number of hydrogen-bond donors (Lipinski definition) is 1. The lowest BCUT2D eigenvalue weighted by Gasteiger charge is -2.43. The Balaban J connectivity index is 1.75. The fraction of sp³-hybridized carbons (Fsp3) is 0.522. The summed E-state index contributed by atoms with van der Waals surface area (Å²) in [5, 5.41) is 0.570. The number of aromatic amines is 1. The summed E-state index contributed by atoms with van der Waals surface area (Å²) >= 11 is 1.39. The minimum absolute atomic E-state index is 0.0295. The van der Waals surface area contributed by atoms with E-state index in [9.17, 15) is 9.59 Å². The summed E-state index contributed by atoms with van der Waals surface area (Å²) < 4.78 is 4.70. The van der Waals surface area contributed by atoms with Crippen LogP contribution in [0.1, 0.15) is 56.6 Å². The Bertz CT molecular complexity index is 965. The van der Waals surface area contributed by atoms with E-state index in [0.29, 0.717) is 23.2 Å². The molecule has 154 valence electrons. The average molecular weight is 413 g/mol. The Morgan fingerprint density at radius 2 is 2.03 bits per heavy atom. The highest BCUT2D eigenvalue weighted by Gasteiger charge is 2.44. The predicted octanol–water partition coefficient (Wildman–Crippen LogP) is 4.49. The fourth-order valence-electron chi connectivity index (χ4n) is 5.06. The third kappa shape index (κ3) is 3.87. The second-order valence-electron chi connectivity index (χ2n) is 8.36. The first-order valence-electron chi connectivity index (χ1n) is 10.5. The Morgan fingerprint density at radius 3 is 2.79 bits per heavy atom. The van der Waals surface area contributed by atoms with E-state index in [0.717, 1.165) is 23.2 Å². The number of nitrogens with zero attached hydrogens (tertiary/aromatic N) is 1. The lowest BCUT2D eigenvalue weighted by Crippen LogP contribution is -2.43. The van der Waals surface area contributed by atoms with Crippen LogP contribution in [0.2, 0.25) is 0 Å². The Kier molecular flexibility index (Phi) is 5.81. The van der Waals surface area contributed by atoms with Crippen LogP contribution in [0.4, 0.5) is 0 Å². The van der Waals surface area contributed by atoms with E-state index < -0.39 is 0 Å². The summed E-state index contributed by atoms with van der Waals surface area (Å²) in [6, 6.07) is 8.33. The normalized spacial score (nSPS) is 21.3. The van der Waals surface area contributed by atoms with Gasteiger partial charge in [-0.25, -0.2) is 4.98 Å². The topological polar surface area (TPSA) is 72.0 Å². The van der Waals surface area contributed by atoms with E-state index in [4.69, 9.17) is 9.72 Å². The summed E-state index contributed by atoms with van der Waals surface area (Å²) in [5.41, 5.74) is 3.79. The maximum atomic E-state index is 13.3. The molecule has 1 heterocycles. The second-order valence-corrected chi connectivity index (χ2v) is 9.44. The molecule has 1 aromatic carbocycles. The standard InChI is InChI=1S/C23H28N2O3S/c1-23(16-9-4-3-5-10-16)14-15-8-6-7-11-17(15)20-19(23)21(27)25-22(24-20)29-13-12-18(26)28-2/h6-8,11,16H,3-5,9-10,12-14H2,1-2H3,(H,24,25,27)/t23-/m0/s1. The molecule has 1 saturated carbocycles. The van der Waals surface area contributed by atoms with Crippen LogP contribution >= 0.6 is 11.8 Å². The molecule has 1 N–H and O–H groups in total. The molecule has 0 aliphatic heterocycles. The third-order valence-corrected chi connectivity index (χ3v) is 7.45. The first-order chi connectivity index (χ1) is 14.0. The van der Waals surface area contributed by atoms with Crippen LogP contribution in [0.3, 0.4) is 0 Å². The number of hydrogen-bond acceptors (Lipinski definition) is 5. The summed E-state index contributed by atoms with van der Waals surface area (Å²) in [6.07, 6.45) is 7.30. The number of methoxy groups -OCH3 is 1. The minimum atomic E-state index is -0.256. The van der Waals surface area contributed by atoms with Gasteiger partial charge < -0.3 is 9.72 Å². The number of nitrogens with one attached hydrogen (secondary N) is 1. The van der Waals surface area contributed by atoms with Crippen LogP contribution in [0.15, 0.2) is 34.2 Å². The highest BCUT2D eigenvalue weighted by atomic mass is 32.2. The Hall–Kier alpha value is -2.08. The number of carbonyl (C=O) groups excluding carboxylic acids is 1. The molecule has 2 aromatic rings. The van der Waals surface area contributed by atoms with Gasteiger partial charge >= 0.3 is 5.97 Å². The van der Waals surface area contributed by atoms with Crippen molar-refractivity contribution in [2.75, 3.05) is 12.9 Å². The molecule has 2 aliphatic carbocycles. The Labute approximate surface area is 175 Å². The molecular weight excluding hydrogens is 384 g/mol. The van der Waals surface area contributed by atoms with Gasteiger partial charge in [-0.1, -0.05) is 62.2 Å². The maximum absolute atomic E-state index is 13.3. The molecule has 5 nitrogen and oxygen atoms in total. The van der Waals surface area contributed by atoms with E-state index >= 15 is 0 Å². The second kappa shape index (κ2) is 8.34. The van der Waals surface area contributed by atoms with E-state index in [1.165, 1.54) is 56.5 Å². The number of thioether (sulfide) groups is 1. The van der Waals surface area contributed by atoms with E-state index in [2.05, 4.69) is 30.1 Å². The van der Waals surface area contributed by atoms with Gasteiger partial charge in [0.25, 0.3) is 5.56 Å². The first kappa shape index (κ1) is 20.2. The molecule has 0 unspecified atom stereocenters. The van der Waals surface area contributed by atoms with Crippen molar-refractivity contribution in [2.45, 2.75) is 62.4 Å². The highest BCUT2D eigenvalue weighted by molar-refractivity contribution is 7.99. The van der Waals surface area contributed by atoms with Gasteiger partial charge in [0.15, 0.2) is 5.16 Å². The largest absolute Gasteiger partial charge is 0.469 e. The molecule has 29 heavy (non-hydrogen) atoms. The zero-order chi connectivity index (χ0) is 20.4. The van der Waals surface area contributed by atoms with Gasteiger partial charge in [0.1, 0.15) is 0 Å². The van der Waals surface area contributed by atoms with Gasteiger partial charge in [-0.15, -0.1) is 0 Å². The van der Waals surface area contributed by atoms with Crippen molar-refractivity contribution >= 4 is 17.7 Å². The maximum Gasteiger partial charge on any atom is 0.306 e. The van der Waals surface area contributed by atoms with E-state index in [1.54, 1.807) is 0 Å². The van der Waals surface area contributed by atoms with Gasteiger partial charge in [-0.3, -0.25) is 9.59 Å². The number of fused-ring (bicyclic) bond motifs is 3. The van der Waals surface area contributed by atoms with Gasteiger partial charge in [-0.2, -0.15) is 0 Å². The monoisotopic (exact) mass is 412 g/mol. The van der Waals surface area contributed by atoms with Crippen LogP contribution in [0.5, 0.6) is 0 Å². The number of carbonyl (C=O) groups is 1. The van der Waals surface area contributed by atoms with Crippen molar-refractivity contribution in [2.24, 2.45) is 5.92 Å². The number of rotatable bonds is 5. The first-order valence-corrected chi connectivity index (χ1v) is 11.4. The molecule has 1 fully saturated rings. The quantitative estimate of drug-likeness (QED) is 0.445. The number of H-pyrrole nitrogens is 1. The van der Waals surface area contributed by atoms with Crippen molar-refractivity contribution in [3.63, 3.8) is 0 Å². The van der Waals surface area contributed by atoms with Crippen LogP contribution in [-0.4, -0.2) is 28.8 Å². The van der Waals surface area contributed by atoms with Crippen LogP contribution in [0, 0.1) is 5.92 Å². The molecule has 0 radical (unpaired) electrons. The highest BCUT2D eigenvalue weighted by Crippen LogP contribution is 2.48. The van der Waals surface area contributed by atoms with Crippen LogP contribution < -0.4 is 5.56 Å². The summed E-state index contributed by atoms with van der Waals surface area (Å²) in [7, 11) is 1.38. The molecular formula is C23H28N2O3S. The van der Waals surface area contributed by atoms with Gasteiger partial charge in [0.2, 0.25) is 0 Å². The lowest BCUT2D eigenvalue weighted by atomic mass is 9.60. The average Bonchev–Trinajstić information content (AvgIpc) is 2.74. The summed E-state index contributed by atoms with van der Waals surface area (Å²) in [4.78, 5) is 32.6. The SMILES string of the molecule is COC(=O)CCSc1nc2c(c(=O)[nH]1)[C@](C)(C1CCCCC1)Cc1ccccc1-2. The van der Waals surface area contributed by atoms with Crippen molar-refractivity contribution in [1.29, 1.82) is 0 Å². The van der Waals surface area contributed by atoms with Crippen LogP contribution in [0.25, 0.3) is 11.3 Å². The number of aromatic nitrogens is 2. The summed E-state index contributed by atoms with van der Waals surface area (Å²) in [6.45, 7) is 2.26. The molecule has 0 bridgehead atoms. The fourth-order valence-corrected chi connectivity index (χ4v) is 5.84. The number of ether oxygens (including phenoxy) is 1. The Morgan fingerprint density at radius 1 is 1.28 bits per heavy atom. The van der Waals surface area contributed by atoms with Gasteiger partial charge in [-0.05, 0) is 30.7 Å². The van der Waals surface area contributed by atoms with E-state index in [-0.39, 0.29) is 16.9 Å². The van der Waals surface area contributed by atoms with Crippen molar-refractivity contribution in [3.8, 4) is 11.3 Å². The van der Waals surface area contributed by atoms with Gasteiger partial charge in [0.05, 0.1) is 24.8 Å². The molecule has 6 heteroatoms. The van der Waals surface area contributed by atoms with Crippen molar-refractivity contribution in [1.82, 2.24) is 9.97 Å². The molecule has 4 rings (SSSR count). The molecule has 0 saturated heterocycles. The number of benzene rings is 1. The number of esters is 1. The minimum Gasteiger partial charge on any atom is -0.469 e. The molecule has 1 atom stereocenters. The predicted molar refractivity (Wildman–Crippen MR) is 115 cm³/mol. The molecule has 2 aliphatic rings. The smallest absolute Gasteiger partial charge is 0.306 e. The van der Waals surface area contributed by atoms with E-state index in [1.807, 2.05) is 6.07 Å². The summed E-state index contributed by atoms with van der Waals surface area (Å²) in [5.74, 6) is 0.771. The van der Waals surface area contributed by atoms with Gasteiger partial charge in [0, 0.05) is 16.7 Å². The zero-order valence-electron chi connectivity index (χ0n) is 17.1. The molecule has 1 aromatic heterocycles. The molecule has 0 amide bonds. The lowest BCUT2D eigenvalue weighted by molar-refractivity contribution is -0.140. The third-order valence-electron chi connectivity index (χ3n) is 6.58. The van der Waals surface area contributed by atoms with Crippen LogP contribution in [-0.2, 0) is 21.4 Å².